The minimum absolute atomic E-state index is 0.505. The Balaban J connectivity index is 2.26. The van der Waals surface area contributed by atoms with Crippen LogP contribution >= 0.6 is 11.3 Å². The molecule has 3 rings (SSSR count). The van der Waals surface area contributed by atoms with Gasteiger partial charge < -0.3 is 5.32 Å². The van der Waals surface area contributed by atoms with Crippen LogP contribution in [0.1, 0.15) is 54.0 Å². The molecular formula is C23H30N2S. The van der Waals surface area contributed by atoms with Gasteiger partial charge in [0.1, 0.15) is 0 Å². The molecule has 26 heavy (non-hydrogen) atoms. The van der Waals surface area contributed by atoms with Gasteiger partial charge in [-0.1, -0.05) is 31.5 Å². The second-order valence-electron chi connectivity index (χ2n) is 7.45. The second kappa shape index (κ2) is 7.40. The first-order valence-electron chi connectivity index (χ1n) is 9.61. The molecule has 0 spiro atoms. The van der Waals surface area contributed by atoms with E-state index in [4.69, 9.17) is 4.98 Å². The smallest absolute Gasteiger partial charge is 0.0915 e. The predicted molar refractivity (Wildman–Crippen MR) is 117 cm³/mol. The number of aryl methyl sites for hydroxylation is 5. The second-order valence-corrected chi connectivity index (χ2v) is 8.68. The van der Waals surface area contributed by atoms with E-state index in [1.165, 1.54) is 43.1 Å². The number of fused-ring (bicyclic) bond motifs is 1. The largest absolute Gasteiger partial charge is 0.382 e. The van der Waals surface area contributed by atoms with Crippen LogP contribution in [0.5, 0.6) is 0 Å². The Morgan fingerprint density at radius 1 is 0.962 bits per heavy atom. The number of aromatic nitrogens is 1. The highest BCUT2D eigenvalue weighted by molar-refractivity contribution is 7.17. The summed E-state index contributed by atoms with van der Waals surface area (Å²) < 4.78 is 0. The molecule has 0 fully saturated rings. The molecule has 0 saturated carbocycles. The zero-order valence-corrected chi connectivity index (χ0v) is 17.9. The number of nitrogens with one attached hydrogen (secondary N) is 1. The molecule has 3 aromatic rings. The summed E-state index contributed by atoms with van der Waals surface area (Å²) in [6, 6.07) is 7.27. The molecule has 0 amide bonds. The first-order valence-corrected chi connectivity index (χ1v) is 10.4. The molecule has 1 aromatic carbocycles. The molecule has 2 heterocycles. The predicted octanol–water partition coefficient (Wildman–Crippen LogP) is 7.11. The normalized spacial score (nSPS) is 11.5. The fraction of sp³-hybridized carbons (Fsp3) is 0.435. The Kier molecular flexibility index (Phi) is 5.38. The van der Waals surface area contributed by atoms with Crippen LogP contribution in [0.25, 0.3) is 21.3 Å². The first-order chi connectivity index (χ1) is 12.3. The summed E-state index contributed by atoms with van der Waals surface area (Å²) >= 11 is 1.88. The van der Waals surface area contributed by atoms with E-state index in [9.17, 15) is 0 Å². The fourth-order valence-corrected chi connectivity index (χ4v) is 5.26. The Hall–Kier alpha value is -1.87. The van der Waals surface area contributed by atoms with Gasteiger partial charge in [0.25, 0.3) is 0 Å². The first kappa shape index (κ1) is 18.9. The molecule has 0 saturated heterocycles. The quantitative estimate of drug-likeness (QED) is 0.520. The van der Waals surface area contributed by atoms with Gasteiger partial charge in [0.15, 0.2) is 0 Å². The van der Waals surface area contributed by atoms with Crippen molar-refractivity contribution in [2.24, 2.45) is 0 Å². The molecule has 0 bridgehead atoms. The summed E-state index contributed by atoms with van der Waals surface area (Å²) in [7, 11) is 0. The van der Waals surface area contributed by atoms with Crippen LogP contribution in [-0.4, -0.2) is 11.0 Å². The average molecular weight is 367 g/mol. The van der Waals surface area contributed by atoms with Crippen molar-refractivity contribution >= 4 is 27.9 Å². The van der Waals surface area contributed by atoms with Crippen LogP contribution in [0, 0.1) is 34.6 Å². The number of rotatable bonds is 5. The average Bonchev–Trinajstić information content (AvgIpc) is 2.88. The van der Waals surface area contributed by atoms with Crippen molar-refractivity contribution in [1.29, 1.82) is 0 Å². The maximum absolute atomic E-state index is 4.97. The lowest BCUT2D eigenvalue weighted by atomic mass is 9.97. The van der Waals surface area contributed by atoms with Crippen LogP contribution in [0.15, 0.2) is 18.2 Å². The van der Waals surface area contributed by atoms with Crippen molar-refractivity contribution in [3.63, 3.8) is 0 Å². The molecular weight excluding hydrogens is 336 g/mol. The molecule has 138 valence electrons. The van der Waals surface area contributed by atoms with E-state index in [-0.39, 0.29) is 0 Å². The lowest BCUT2D eigenvalue weighted by Gasteiger charge is -2.18. The fourth-order valence-electron chi connectivity index (χ4n) is 3.98. The van der Waals surface area contributed by atoms with E-state index in [0.717, 1.165) is 24.1 Å². The summed E-state index contributed by atoms with van der Waals surface area (Å²) in [6.07, 6.45) is 2.26. The number of nitrogens with zero attached hydrogens (tertiary/aromatic N) is 1. The summed E-state index contributed by atoms with van der Waals surface area (Å²) in [5.74, 6) is 0. The third-order valence-corrected chi connectivity index (χ3v) is 6.33. The topological polar surface area (TPSA) is 24.9 Å². The van der Waals surface area contributed by atoms with Gasteiger partial charge in [0, 0.05) is 27.7 Å². The summed E-state index contributed by atoms with van der Waals surface area (Å²) in [5.41, 5.74) is 8.81. The highest BCUT2D eigenvalue weighted by Crippen LogP contribution is 2.43. The molecule has 0 unspecified atom stereocenters. The van der Waals surface area contributed by atoms with E-state index >= 15 is 0 Å². The van der Waals surface area contributed by atoms with Gasteiger partial charge in [-0.25, -0.2) is 0 Å². The molecule has 0 atom stereocenters. The highest BCUT2D eigenvalue weighted by atomic mass is 32.1. The van der Waals surface area contributed by atoms with Gasteiger partial charge in [-0.2, -0.15) is 0 Å². The van der Waals surface area contributed by atoms with Crippen molar-refractivity contribution in [3.05, 3.63) is 45.5 Å². The maximum atomic E-state index is 4.97. The molecule has 0 aliphatic rings. The van der Waals surface area contributed by atoms with Gasteiger partial charge in [0.05, 0.1) is 10.4 Å². The maximum Gasteiger partial charge on any atom is 0.0915 e. The Morgan fingerprint density at radius 2 is 1.58 bits per heavy atom. The number of benzene rings is 1. The highest BCUT2D eigenvalue weighted by Gasteiger charge is 2.19. The monoisotopic (exact) mass is 366 g/mol. The number of hydrogen-bond donors (Lipinski definition) is 1. The number of anilines is 1. The Labute approximate surface area is 161 Å². The van der Waals surface area contributed by atoms with Gasteiger partial charge in [-0.05, 0) is 70.2 Å². The molecule has 1 N–H and O–H groups in total. The Bertz CT molecular complexity index is 925. The van der Waals surface area contributed by atoms with Crippen LogP contribution in [0.4, 0.5) is 5.69 Å². The van der Waals surface area contributed by atoms with E-state index in [1.54, 1.807) is 0 Å². The standard InChI is InChI=1S/C23H30N2S/c1-8-18(9-2)25-19-12-16(6)24-22-21(19)17(7)26-23(22)20-14(4)10-13(3)11-15(20)5/h10-12,18,25H,8-9H2,1-7H3. The lowest BCUT2D eigenvalue weighted by Crippen LogP contribution is -2.17. The van der Waals surface area contributed by atoms with E-state index in [0.29, 0.717) is 6.04 Å². The van der Waals surface area contributed by atoms with Crippen LogP contribution in [0.2, 0.25) is 0 Å². The number of hydrogen-bond acceptors (Lipinski definition) is 3. The molecule has 0 aliphatic heterocycles. The third-order valence-electron chi connectivity index (χ3n) is 5.22. The SMILES string of the molecule is CCC(CC)Nc1cc(C)nc2c(-c3c(C)cc(C)cc3C)sc(C)c12. The van der Waals surface area contributed by atoms with Gasteiger partial charge >= 0.3 is 0 Å². The van der Waals surface area contributed by atoms with Gasteiger partial charge in [-0.3, -0.25) is 4.98 Å². The molecule has 2 nitrogen and oxygen atoms in total. The van der Waals surface area contributed by atoms with Crippen molar-refractivity contribution in [2.75, 3.05) is 5.32 Å². The van der Waals surface area contributed by atoms with E-state index in [2.05, 4.69) is 72.0 Å². The minimum atomic E-state index is 0.505. The molecule has 3 heteroatoms. The van der Waals surface area contributed by atoms with Crippen LogP contribution < -0.4 is 5.32 Å². The van der Waals surface area contributed by atoms with Gasteiger partial charge in [0.2, 0.25) is 0 Å². The summed E-state index contributed by atoms with van der Waals surface area (Å²) in [5, 5.41) is 5.07. The molecule has 0 aliphatic carbocycles. The molecule has 0 radical (unpaired) electrons. The summed E-state index contributed by atoms with van der Waals surface area (Å²) in [6.45, 7) is 15.4. The molecule has 2 aromatic heterocycles. The zero-order chi connectivity index (χ0) is 19.0. The third kappa shape index (κ3) is 3.37. The van der Waals surface area contributed by atoms with Crippen molar-refractivity contribution in [3.8, 4) is 10.4 Å². The lowest BCUT2D eigenvalue weighted by molar-refractivity contribution is 0.672. The number of thiophene rings is 1. The van der Waals surface area contributed by atoms with E-state index < -0.39 is 0 Å². The van der Waals surface area contributed by atoms with E-state index in [1.807, 2.05) is 11.3 Å². The van der Waals surface area contributed by atoms with Gasteiger partial charge in [-0.15, -0.1) is 11.3 Å². The van der Waals surface area contributed by atoms with Crippen molar-refractivity contribution < 1.29 is 0 Å². The Morgan fingerprint density at radius 3 is 2.15 bits per heavy atom. The van der Waals surface area contributed by atoms with Crippen molar-refractivity contribution in [2.45, 2.75) is 67.3 Å². The van der Waals surface area contributed by atoms with Crippen LogP contribution in [0.3, 0.4) is 0 Å². The number of pyridine rings is 1. The zero-order valence-electron chi connectivity index (χ0n) is 17.1. The summed E-state index contributed by atoms with van der Waals surface area (Å²) in [4.78, 5) is 7.62. The van der Waals surface area contributed by atoms with Crippen molar-refractivity contribution in [1.82, 2.24) is 4.98 Å². The van der Waals surface area contributed by atoms with Crippen LogP contribution in [-0.2, 0) is 0 Å². The minimum Gasteiger partial charge on any atom is -0.382 e.